The summed E-state index contributed by atoms with van der Waals surface area (Å²) >= 11 is 1.02. The van der Waals surface area contributed by atoms with Crippen molar-refractivity contribution >= 4 is 32.6 Å². The average molecular weight is 295 g/mol. The number of sulfonamides is 1. The predicted molar refractivity (Wildman–Crippen MR) is 77.5 cm³/mol. The summed E-state index contributed by atoms with van der Waals surface area (Å²) in [5, 5.41) is 8.54. The highest BCUT2D eigenvalue weighted by Gasteiger charge is 2.11. The van der Waals surface area contributed by atoms with Crippen LogP contribution in [0.15, 0.2) is 46.8 Å². The third-order valence-electron chi connectivity index (χ3n) is 2.25. The molecule has 100 valence electrons. The molecule has 0 unspecified atom stereocenters. The maximum Gasteiger partial charge on any atom is 0.249 e. The Hall–Kier alpha value is -1.70. The van der Waals surface area contributed by atoms with Gasteiger partial charge >= 0.3 is 0 Å². The van der Waals surface area contributed by atoms with Gasteiger partial charge in [0.2, 0.25) is 10.0 Å². The first-order valence-corrected chi connectivity index (χ1v) is 7.86. The fourth-order valence-corrected chi connectivity index (χ4v) is 2.84. The van der Waals surface area contributed by atoms with Gasteiger partial charge in [-0.25, -0.2) is 18.5 Å². The van der Waals surface area contributed by atoms with Gasteiger partial charge in [0.05, 0.1) is 6.20 Å². The molecule has 0 aliphatic heterocycles. The van der Waals surface area contributed by atoms with E-state index in [4.69, 9.17) is 5.14 Å². The summed E-state index contributed by atoms with van der Waals surface area (Å²) in [6, 6.07) is 9.89. The molecule has 0 aliphatic carbocycles. The molecule has 2 rings (SSSR count). The van der Waals surface area contributed by atoms with E-state index in [0.717, 1.165) is 16.9 Å². The molecule has 0 saturated carbocycles. The minimum absolute atomic E-state index is 0.0574. The van der Waals surface area contributed by atoms with Gasteiger partial charge in [-0.2, -0.15) is 0 Å². The fraction of sp³-hybridized carbons (Fsp3) is 0.0833. The Labute approximate surface area is 115 Å². The fourth-order valence-electron chi connectivity index (χ4n) is 1.38. The Morgan fingerprint density at radius 3 is 2.68 bits per heavy atom. The highest BCUT2D eigenvalue weighted by molar-refractivity contribution is 7.91. The molecular formula is C12H13N3O2S2. The summed E-state index contributed by atoms with van der Waals surface area (Å²) in [6.45, 7) is 0.562. The van der Waals surface area contributed by atoms with Crippen molar-refractivity contribution in [3.05, 3.63) is 48.2 Å². The number of nitrogens with one attached hydrogen (secondary N) is 1. The molecule has 0 fully saturated rings. The Bertz CT molecular complexity index is 663. The molecule has 0 saturated heterocycles. The molecule has 5 nitrogen and oxygen atoms in total. The van der Waals surface area contributed by atoms with E-state index < -0.39 is 10.0 Å². The molecule has 19 heavy (non-hydrogen) atoms. The summed E-state index contributed by atoms with van der Waals surface area (Å²) in [6.07, 6.45) is 5.16. The maximum atomic E-state index is 11.1. The number of nitrogens with zero attached hydrogens (tertiary/aromatic N) is 1. The number of aromatic nitrogens is 1. The first kappa shape index (κ1) is 13.7. The van der Waals surface area contributed by atoms with Gasteiger partial charge in [0.25, 0.3) is 0 Å². The average Bonchev–Trinajstić information content (AvgIpc) is 2.85. The van der Waals surface area contributed by atoms with E-state index in [1.807, 2.05) is 42.5 Å². The Morgan fingerprint density at radius 1 is 1.32 bits per heavy atom. The number of primary sulfonamides is 1. The summed E-state index contributed by atoms with van der Waals surface area (Å²) in [5.41, 5.74) is 1.11. The zero-order chi connectivity index (χ0) is 13.7. The molecule has 1 aromatic carbocycles. The lowest BCUT2D eigenvalue weighted by Crippen LogP contribution is -2.09. The molecule has 2 aromatic rings. The van der Waals surface area contributed by atoms with Gasteiger partial charge in [-0.05, 0) is 5.56 Å². The Balaban J connectivity index is 1.90. The molecule has 1 heterocycles. The zero-order valence-electron chi connectivity index (χ0n) is 9.98. The number of nitrogens with two attached hydrogens (primary N) is 1. The van der Waals surface area contributed by atoms with Crippen LogP contribution in [-0.2, 0) is 10.0 Å². The second-order valence-corrected chi connectivity index (χ2v) is 6.54. The molecule has 7 heteroatoms. The number of hydrogen-bond acceptors (Lipinski definition) is 5. The van der Waals surface area contributed by atoms with Gasteiger partial charge in [0, 0.05) is 6.54 Å². The van der Waals surface area contributed by atoms with Crippen LogP contribution >= 0.6 is 11.3 Å². The van der Waals surface area contributed by atoms with E-state index >= 15 is 0 Å². The van der Waals surface area contributed by atoms with Gasteiger partial charge < -0.3 is 5.32 Å². The molecule has 1 aromatic heterocycles. The Kier molecular flexibility index (Phi) is 4.31. The van der Waals surface area contributed by atoms with Crippen molar-refractivity contribution in [2.24, 2.45) is 5.14 Å². The van der Waals surface area contributed by atoms with E-state index in [-0.39, 0.29) is 4.21 Å². The monoisotopic (exact) mass is 295 g/mol. The topological polar surface area (TPSA) is 85.1 Å². The second kappa shape index (κ2) is 5.96. The second-order valence-electron chi connectivity index (χ2n) is 3.72. The number of anilines is 1. The predicted octanol–water partition coefficient (Wildman–Crippen LogP) is 1.92. The number of rotatable bonds is 5. The highest BCUT2D eigenvalue weighted by atomic mass is 32.2. The van der Waals surface area contributed by atoms with Crippen LogP contribution in [0.5, 0.6) is 0 Å². The molecular weight excluding hydrogens is 282 g/mol. The number of hydrogen-bond donors (Lipinski definition) is 2. The Morgan fingerprint density at radius 2 is 2.05 bits per heavy atom. The minimum atomic E-state index is -3.66. The van der Waals surface area contributed by atoms with Gasteiger partial charge in [-0.15, -0.1) is 0 Å². The third-order valence-corrected chi connectivity index (χ3v) is 4.61. The summed E-state index contributed by atoms with van der Waals surface area (Å²) in [7, 11) is -3.66. The summed E-state index contributed by atoms with van der Waals surface area (Å²) in [5.74, 6) is 0. The van der Waals surface area contributed by atoms with Crippen LogP contribution in [0.3, 0.4) is 0 Å². The van der Waals surface area contributed by atoms with E-state index in [2.05, 4.69) is 10.3 Å². The van der Waals surface area contributed by atoms with Crippen LogP contribution in [0.25, 0.3) is 6.08 Å². The molecule has 0 aliphatic rings. The van der Waals surface area contributed by atoms with Gasteiger partial charge in [-0.3, -0.25) is 0 Å². The van der Waals surface area contributed by atoms with Gasteiger partial charge in [0.1, 0.15) is 0 Å². The third kappa shape index (κ3) is 4.16. The largest absolute Gasteiger partial charge is 0.358 e. The molecule has 0 atom stereocenters. The summed E-state index contributed by atoms with van der Waals surface area (Å²) in [4.78, 5) is 3.94. The maximum absolute atomic E-state index is 11.1. The van der Waals surface area contributed by atoms with Crippen molar-refractivity contribution in [3.8, 4) is 0 Å². The first-order valence-electron chi connectivity index (χ1n) is 5.50. The van der Waals surface area contributed by atoms with Crippen molar-refractivity contribution in [2.75, 3.05) is 11.9 Å². The quantitative estimate of drug-likeness (QED) is 0.882. The standard InChI is InChI=1S/C12H13N3O2S2/c13-19(16,17)11-9-15-12(18-11)14-8-4-7-10-5-2-1-3-6-10/h1-7,9H,8H2,(H,14,15)(H2,13,16,17)/b7-4+. The van der Waals surface area contributed by atoms with Crippen molar-refractivity contribution < 1.29 is 8.42 Å². The minimum Gasteiger partial charge on any atom is -0.358 e. The molecule has 0 spiro atoms. The van der Waals surface area contributed by atoms with Crippen molar-refractivity contribution in [1.82, 2.24) is 4.98 Å². The van der Waals surface area contributed by atoms with E-state index in [0.29, 0.717) is 11.7 Å². The van der Waals surface area contributed by atoms with Gasteiger partial charge in [-0.1, -0.05) is 53.8 Å². The van der Waals surface area contributed by atoms with Crippen LogP contribution in [0, 0.1) is 0 Å². The summed E-state index contributed by atoms with van der Waals surface area (Å²) < 4.78 is 22.2. The van der Waals surface area contributed by atoms with E-state index in [1.165, 1.54) is 6.20 Å². The number of benzene rings is 1. The van der Waals surface area contributed by atoms with Crippen molar-refractivity contribution in [2.45, 2.75) is 4.21 Å². The van der Waals surface area contributed by atoms with Crippen LogP contribution in [0.4, 0.5) is 5.13 Å². The first-order chi connectivity index (χ1) is 9.05. The lowest BCUT2D eigenvalue weighted by molar-refractivity contribution is 0.599. The van der Waals surface area contributed by atoms with Crippen LogP contribution in [0.1, 0.15) is 5.56 Å². The van der Waals surface area contributed by atoms with Crippen LogP contribution < -0.4 is 10.5 Å². The SMILES string of the molecule is NS(=O)(=O)c1cnc(NC/C=C/c2ccccc2)s1. The lowest BCUT2D eigenvalue weighted by atomic mass is 10.2. The molecule has 0 bridgehead atoms. The zero-order valence-corrected chi connectivity index (χ0v) is 11.6. The van der Waals surface area contributed by atoms with Crippen LogP contribution in [0.2, 0.25) is 0 Å². The van der Waals surface area contributed by atoms with Crippen molar-refractivity contribution in [3.63, 3.8) is 0 Å². The van der Waals surface area contributed by atoms with E-state index in [1.54, 1.807) is 0 Å². The lowest BCUT2D eigenvalue weighted by Gasteiger charge is -1.96. The number of thiazole rings is 1. The van der Waals surface area contributed by atoms with E-state index in [9.17, 15) is 8.42 Å². The molecule has 0 amide bonds. The van der Waals surface area contributed by atoms with Crippen LogP contribution in [-0.4, -0.2) is 19.9 Å². The normalized spacial score (nSPS) is 11.8. The molecule has 3 N–H and O–H groups in total. The van der Waals surface area contributed by atoms with Crippen molar-refractivity contribution in [1.29, 1.82) is 0 Å². The van der Waals surface area contributed by atoms with Gasteiger partial charge in [0.15, 0.2) is 9.34 Å². The smallest absolute Gasteiger partial charge is 0.249 e. The molecule has 0 radical (unpaired) electrons. The highest BCUT2D eigenvalue weighted by Crippen LogP contribution is 2.21.